The quantitative estimate of drug-likeness (QED) is 0.840. The summed E-state index contributed by atoms with van der Waals surface area (Å²) in [5, 5.41) is 0. The molecular weight excluding hydrogens is 361 g/mol. The molecule has 0 aliphatic carbocycles. The molecule has 1 atom stereocenters. The summed E-state index contributed by atoms with van der Waals surface area (Å²) in [5.74, 6) is 0.675. The molecule has 2 N–H and O–H groups in total. The van der Waals surface area contributed by atoms with Crippen molar-refractivity contribution in [3.05, 3.63) is 18.0 Å². The van der Waals surface area contributed by atoms with E-state index in [2.05, 4.69) is 28.7 Å². The summed E-state index contributed by atoms with van der Waals surface area (Å²) in [4.78, 5) is 25.7. The third-order valence-corrected chi connectivity index (χ3v) is 5.10. The maximum absolute atomic E-state index is 12.8. The van der Waals surface area contributed by atoms with Gasteiger partial charge in [-0.2, -0.15) is 0 Å². The fourth-order valence-corrected chi connectivity index (χ4v) is 3.42. The number of nitrogens with zero attached hydrogens (tertiary/aromatic N) is 4. The van der Waals surface area contributed by atoms with Crippen molar-refractivity contribution < 1.29 is 4.79 Å². The van der Waals surface area contributed by atoms with E-state index in [9.17, 15) is 4.79 Å². The van der Waals surface area contributed by atoms with Crippen molar-refractivity contribution in [2.24, 2.45) is 11.1 Å². The zero-order valence-electron chi connectivity index (χ0n) is 15.0. The van der Waals surface area contributed by atoms with Gasteiger partial charge in [-0.15, -0.1) is 24.8 Å². The number of halogens is 2. The highest BCUT2D eigenvalue weighted by molar-refractivity contribution is 5.92. The number of carbonyl (C=O) groups excluding carboxylic acids is 1. The maximum atomic E-state index is 12.8. The third-order valence-electron chi connectivity index (χ3n) is 5.10. The highest BCUT2D eigenvalue weighted by atomic mass is 35.5. The van der Waals surface area contributed by atoms with Gasteiger partial charge in [-0.3, -0.25) is 4.79 Å². The number of aromatic nitrogens is 2. The van der Waals surface area contributed by atoms with Crippen LogP contribution in [0.4, 0.5) is 5.95 Å². The van der Waals surface area contributed by atoms with Crippen molar-refractivity contribution >= 4 is 36.7 Å². The lowest BCUT2D eigenvalue weighted by molar-refractivity contribution is 0.0527. The average molecular weight is 390 g/mol. The smallest absolute Gasteiger partial charge is 0.272 e. The van der Waals surface area contributed by atoms with Crippen LogP contribution in [-0.4, -0.2) is 53.0 Å². The molecule has 1 aromatic rings. The summed E-state index contributed by atoms with van der Waals surface area (Å²) in [7, 11) is 0. The van der Waals surface area contributed by atoms with Crippen molar-refractivity contribution in [1.82, 2.24) is 14.9 Å². The molecule has 0 aromatic carbocycles. The number of anilines is 1. The topological polar surface area (TPSA) is 75.4 Å². The molecule has 8 heteroatoms. The lowest BCUT2D eigenvalue weighted by Gasteiger charge is -2.42. The molecule has 142 valence electrons. The van der Waals surface area contributed by atoms with Gasteiger partial charge in [0.05, 0.1) is 0 Å². The summed E-state index contributed by atoms with van der Waals surface area (Å²) in [6.45, 7) is 7.57. The van der Waals surface area contributed by atoms with Crippen LogP contribution < -0.4 is 10.6 Å². The third kappa shape index (κ3) is 4.96. The zero-order chi connectivity index (χ0) is 16.4. The van der Waals surface area contributed by atoms with Crippen molar-refractivity contribution in [3.63, 3.8) is 0 Å². The Labute approximate surface area is 162 Å². The summed E-state index contributed by atoms with van der Waals surface area (Å²) in [5.41, 5.74) is 6.60. The van der Waals surface area contributed by atoms with E-state index >= 15 is 0 Å². The molecule has 25 heavy (non-hydrogen) atoms. The van der Waals surface area contributed by atoms with Crippen LogP contribution in [0.1, 0.15) is 50.0 Å². The number of carbonyl (C=O) groups is 1. The van der Waals surface area contributed by atoms with Gasteiger partial charge in [0.1, 0.15) is 5.69 Å². The van der Waals surface area contributed by atoms with Crippen LogP contribution in [0.5, 0.6) is 0 Å². The van der Waals surface area contributed by atoms with Gasteiger partial charge < -0.3 is 15.5 Å². The van der Waals surface area contributed by atoms with Gasteiger partial charge >= 0.3 is 0 Å². The average Bonchev–Trinajstić information content (AvgIpc) is 2.57. The van der Waals surface area contributed by atoms with E-state index in [4.69, 9.17) is 5.73 Å². The lowest BCUT2D eigenvalue weighted by Crippen LogP contribution is -2.54. The number of piperidine rings is 2. The van der Waals surface area contributed by atoms with E-state index < -0.39 is 0 Å². The first-order chi connectivity index (χ1) is 11.0. The van der Waals surface area contributed by atoms with Crippen LogP contribution >= 0.6 is 24.8 Å². The second-order valence-electron chi connectivity index (χ2n) is 7.40. The predicted octanol–water partition coefficient (Wildman–Crippen LogP) is 2.51. The van der Waals surface area contributed by atoms with E-state index in [0.717, 1.165) is 19.5 Å². The molecule has 1 aromatic heterocycles. The number of hydrogen-bond acceptors (Lipinski definition) is 5. The highest BCUT2D eigenvalue weighted by Crippen LogP contribution is 2.28. The Hall–Kier alpha value is -1.11. The molecule has 2 fully saturated rings. The molecule has 2 saturated heterocycles. The van der Waals surface area contributed by atoms with Gasteiger partial charge in [0.15, 0.2) is 0 Å². The molecule has 1 unspecified atom stereocenters. The number of hydrogen-bond donors (Lipinski definition) is 1. The molecule has 0 bridgehead atoms. The number of rotatable bonds is 2. The Balaban J connectivity index is 0.00000156. The van der Waals surface area contributed by atoms with Crippen molar-refractivity contribution in [2.45, 2.75) is 45.6 Å². The molecular formula is C17H29Cl2N5O. The molecule has 2 aliphatic heterocycles. The predicted molar refractivity (Wildman–Crippen MR) is 105 cm³/mol. The van der Waals surface area contributed by atoms with Gasteiger partial charge in [-0.05, 0) is 37.2 Å². The Morgan fingerprint density at radius 1 is 1.20 bits per heavy atom. The van der Waals surface area contributed by atoms with E-state index in [1.54, 1.807) is 12.3 Å². The molecule has 6 nitrogen and oxygen atoms in total. The van der Waals surface area contributed by atoms with Gasteiger partial charge in [0, 0.05) is 38.4 Å². The Kier molecular flexibility index (Phi) is 7.90. The van der Waals surface area contributed by atoms with E-state index in [0.29, 0.717) is 24.7 Å². The van der Waals surface area contributed by atoms with Gasteiger partial charge in [0.25, 0.3) is 5.91 Å². The van der Waals surface area contributed by atoms with Crippen molar-refractivity contribution in [1.29, 1.82) is 0 Å². The monoisotopic (exact) mass is 389 g/mol. The minimum absolute atomic E-state index is 0. The van der Waals surface area contributed by atoms with Crippen molar-refractivity contribution in [2.75, 3.05) is 31.1 Å². The van der Waals surface area contributed by atoms with Gasteiger partial charge in [0.2, 0.25) is 5.95 Å². The minimum Gasteiger partial charge on any atom is -0.341 e. The van der Waals surface area contributed by atoms with Gasteiger partial charge in [-0.1, -0.05) is 13.8 Å². The fraction of sp³-hybridized carbons (Fsp3) is 0.706. The maximum Gasteiger partial charge on any atom is 0.272 e. The standard InChI is InChI=1S/C17H27N5O.2ClH/c1-17(2)12-22(11-7-14(17)18)15(23)13-6-8-19-16(20-13)21-9-4-3-5-10-21;;/h6,8,14H,3-5,7,9-12,18H2,1-2H3;2*1H. The Morgan fingerprint density at radius 3 is 2.52 bits per heavy atom. The molecule has 0 radical (unpaired) electrons. The van der Waals surface area contributed by atoms with Crippen LogP contribution in [0.15, 0.2) is 12.3 Å². The van der Waals surface area contributed by atoms with Crippen LogP contribution in [0.3, 0.4) is 0 Å². The first-order valence-corrected chi connectivity index (χ1v) is 8.60. The Bertz CT molecular complexity index is 578. The molecule has 0 spiro atoms. The van der Waals surface area contributed by atoms with E-state index in [1.807, 2.05) is 4.90 Å². The molecule has 3 heterocycles. The van der Waals surface area contributed by atoms with Crippen LogP contribution in [0, 0.1) is 5.41 Å². The number of likely N-dealkylation sites (tertiary alicyclic amines) is 1. The highest BCUT2D eigenvalue weighted by Gasteiger charge is 2.36. The Morgan fingerprint density at radius 2 is 1.88 bits per heavy atom. The lowest BCUT2D eigenvalue weighted by atomic mass is 9.79. The molecule has 2 aliphatic rings. The zero-order valence-corrected chi connectivity index (χ0v) is 16.6. The molecule has 1 amide bonds. The minimum atomic E-state index is -0.0589. The van der Waals surface area contributed by atoms with Crippen LogP contribution in [0.2, 0.25) is 0 Å². The molecule has 3 rings (SSSR count). The normalized spacial score (nSPS) is 22.6. The molecule has 0 saturated carbocycles. The first kappa shape index (κ1) is 21.9. The largest absolute Gasteiger partial charge is 0.341 e. The van der Waals surface area contributed by atoms with Crippen molar-refractivity contribution in [3.8, 4) is 0 Å². The fourth-order valence-electron chi connectivity index (χ4n) is 3.42. The van der Waals surface area contributed by atoms with E-state index in [1.165, 1.54) is 19.3 Å². The van der Waals surface area contributed by atoms with E-state index in [-0.39, 0.29) is 42.2 Å². The number of amides is 1. The summed E-state index contributed by atoms with van der Waals surface area (Å²) >= 11 is 0. The summed E-state index contributed by atoms with van der Waals surface area (Å²) in [6.07, 6.45) is 6.13. The first-order valence-electron chi connectivity index (χ1n) is 8.60. The van der Waals surface area contributed by atoms with Gasteiger partial charge in [-0.25, -0.2) is 9.97 Å². The SMILES string of the molecule is CC1(C)CN(C(=O)c2ccnc(N3CCCCC3)n2)CCC1N.Cl.Cl. The van der Waals surface area contributed by atoms with Crippen LogP contribution in [0.25, 0.3) is 0 Å². The summed E-state index contributed by atoms with van der Waals surface area (Å²) in [6, 6.07) is 1.86. The van der Waals surface area contributed by atoms with Crippen LogP contribution in [-0.2, 0) is 0 Å². The second kappa shape index (κ2) is 9.01. The second-order valence-corrected chi connectivity index (χ2v) is 7.40. The summed E-state index contributed by atoms with van der Waals surface area (Å²) < 4.78 is 0. The number of nitrogens with two attached hydrogens (primary N) is 1.